The predicted molar refractivity (Wildman–Crippen MR) is 163 cm³/mol. The van der Waals surface area contributed by atoms with E-state index in [1.54, 1.807) is 13.3 Å². The zero-order chi connectivity index (χ0) is 29.6. The first-order valence-corrected chi connectivity index (χ1v) is 14.3. The van der Waals surface area contributed by atoms with Gasteiger partial charge in [-0.05, 0) is 67.5 Å². The number of pyridine rings is 1. The minimum Gasteiger partial charge on any atom is -0.496 e. The van der Waals surface area contributed by atoms with Gasteiger partial charge in [0.15, 0.2) is 5.69 Å². The number of aromatic nitrogens is 2. The van der Waals surface area contributed by atoms with Crippen LogP contribution in [-0.2, 0) is 33.8 Å². The average molecular weight is 571 g/mol. The largest absolute Gasteiger partial charge is 0.496 e. The molecule has 1 unspecified atom stereocenters. The number of hydrogen-bond acceptors (Lipinski definition) is 7. The average Bonchev–Trinajstić information content (AvgIpc) is 3.65. The summed E-state index contributed by atoms with van der Waals surface area (Å²) in [7, 11) is 3.03. The standard InChI is InChI=1S/C33H38N4O5/c1-21-22(2)28(40-3)13-12-24(21)18-34-26-17-27-29(36-32(38)25-14-16-42-20-25)30(33(39)41-4)37(31(27)35-19-26)15-8-11-23-9-6-5-7-10-23/h5-7,9-10,12-13,17,19,25,34H,8,11,14-16,18,20H2,1-4H3,(H,36,38). The number of ether oxygens (including phenoxy) is 3. The molecular weight excluding hydrogens is 532 g/mol. The van der Waals surface area contributed by atoms with E-state index in [1.807, 2.05) is 47.9 Å². The fraction of sp³-hybridized carbons (Fsp3) is 0.364. The molecule has 1 aliphatic heterocycles. The zero-order valence-corrected chi connectivity index (χ0v) is 24.7. The summed E-state index contributed by atoms with van der Waals surface area (Å²) in [6.45, 7) is 6.14. The lowest BCUT2D eigenvalue weighted by molar-refractivity contribution is -0.119. The van der Waals surface area contributed by atoms with Crippen LogP contribution in [0.2, 0.25) is 0 Å². The van der Waals surface area contributed by atoms with E-state index in [2.05, 4.69) is 29.7 Å². The van der Waals surface area contributed by atoms with Gasteiger partial charge in [-0.15, -0.1) is 0 Å². The van der Waals surface area contributed by atoms with Crippen LogP contribution < -0.4 is 15.4 Å². The highest BCUT2D eigenvalue weighted by molar-refractivity contribution is 6.11. The Morgan fingerprint density at radius 1 is 1.10 bits per heavy atom. The van der Waals surface area contributed by atoms with E-state index in [4.69, 9.17) is 19.2 Å². The van der Waals surface area contributed by atoms with Crippen LogP contribution in [-0.4, -0.2) is 48.9 Å². The van der Waals surface area contributed by atoms with Gasteiger partial charge in [0.25, 0.3) is 0 Å². The summed E-state index contributed by atoms with van der Waals surface area (Å²) in [4.78, 5) is 31.2. The molecule has 1 saturated heterocycles. The summed E-state index contributed by atoms with van der Waals surface area (Å²) in [5, 5.41) is 7.19. The minimum absolute atomic E-state index is 0.177. The number of fused-ring (bicyclic) bond motifs is 1. The van der Waals surface area contributed by atoms with Crippen molar-refractivity contribution in [3.05, 3.63) is 82.7 Å². The third kappa shape index (κ3) is 6.11. The van der Waals surface area contributed by atoms with E-state index < -0.39 is 5.97 Å². The normalized spacial score (nSPS) is 14.6. The van der Waals surface area contributed by atoms with Gasteiger partial charge in [0.1, 0.15) is 11.4 Å². The van der Waals surface area contributed by atoms with Crippen molar-refractivity contribution in [3.63, 3.8) is 0 Å². The molecule has 0 radical (unpaired) electrons. The Balaban J connectivity index is 1.50. The second kappa shape index (κ2) is 13.1. The molecule has 4 aromatic rings. The monoisotopic (exact) mass is 570 g/mol. The fourth-order valence-electron chi connectivity index (χ4n) is 5.49. The molecule has 1 fully saturated rings. The maximum absolute atomic E-state index is 13.2. The number of hydrogen-bond donors (Lipinski definition) is 2. The molecule has 3 heterocycles. The van der Waals surface area contributed by atoms with Crippen molar-refractivity contribution in [2.75, 3.05) is 38.1 Å². The van der Waals surface area contributed by atoms with E-state index in [1.165, 1.54) is 12.7 Å². The highest BCUT2D eigenvalue weighted by Gasteiger charge is 2.29. The third-order valence-corrected chi connectivity index (χ3v) is 8.07. The molecule has 1 atom stereocenters. The van der Waals surface area contributed by atoms with E-state index in [9.17, 15) is 9.59 Å². The van der Waals surface area contributed by atoms with Gasteiger partial charge in [0.2, 0.25) is 5.91 Å². The summed E-state index contributed by atoms with van der Waals surface area (Å²) in [6, 6.07) is 16.2. The minimum atomic E-state index is -0.524. The summed E-state index contributed by atoms with van der Waals surface area (Å²) < 4.78 is 18.0. The number of amides is 1. The van der Waals surface area contributed by atoms with Gasteiger partial charge in [-0.3, -0.25) is 4.79 Å². The highest BCUT2D eigenvalue weighted by atomic mass is 16.5. The van der Waals surface area contributed by atoms with Crippen molar-refractivity contribution < 1.29 is 23.8 Å². The van der Waals surface area contributed by atoms with Crippen molar-refractivity contribution >= 4 is 34.3 Å². The molecule has 2 N–H and O–H groups in total. The van der Waals surface area contributed by atoms with Crippen molar-refractivity contribution in [3.8, 4) is 5.75 Å². The second-order valence-electron chi connectivity index (χ2n) is 10.6. The second-order valence-corrected chi connectivity index (χ2v) is 10.6. The third-order valence-electron chi connectivity index (χ3n) is 8.07. The first-order valence-electron chi connectivity index (χ1n) is 14.3. The van der Waals surface area contributed by atoms with E-state index in [-0.39, 0.29) is 11.8 Å². The van der Waals surface area contributed by atoms with Crippen LogP contribution in [0.4, 0.5) is 11.4 Å². The summed E-state index contributed by atoms with van der Waals surface area (Å²) in [6.07, 6.45) is 4.02. The number of anilines is 2. The molecular formula is C33H38N4O5. The van der Waals surface area contributed by atoms with Crippen molar-refractivity contribution in [1.82, 2.24) is 9.55 Å². The lowest BCUT2D eigenvalue weighted by atomic mass is 10.0. The summed E-state index contributed by atoms with van der Waals surface area (Å²) >= 11 is 0. The molecule has 0 bridgehead atoms. The van der Waals surface area contributed by atoms with Crippen LogP contribution >= 0.6 is 0 Å². The smallest absolute Gasteiger partial charge is 0.356 e. The number of carbonyl (C=O) groups is 2. The molecule has 9 nitrogen and oxygen atoms in total. The number of rotatable bonds is 11. The Labute approximate surface area is 246 Å². The lowest BCUT2D eigenvalue weighted by Crippen LogP contribution is -2.24. The zero-order valence-electron chi connectivity index (χ0n) is 24.7. The van der Waals surface area contributed by atoms with Gasteiger partial charge >= 0.3 is 5.97 Å². The van der Waals surface area contributed by atoms with Gasteiger partial charge in [0, 0.05) is 25.1 Å². The Morgan fingerprint density at radius 2 is 1.90 bits per heavy atom. The Bertz CT molecular complexity index is 1570. The molecule has 0 aliphatic carbocycles. The molecule has 5 rings (SSSR count). The van der Waals surface area contributed by atoms with Gasteiger partial charge in [-0.2, -0.15) is 0 Å². The Kier molecular flexibility index (Phi) is 9.07. The number of nitrogens with zero attached hydrogens (tertiary/aromatic N) is 2. The number of nitrogens with one attached hydrogen (secondary N) is 2. The molecule has 9 heteroatoms. The lowest BCUT2D eigenvalue weighted by Gasteiger charge is -2.14. The van der Waals surface area contributed by atoms with Crippen LogP contribution in [0.1, 0.15) is 45.6 Å². The van der Waals surface area contributed by atoms with Gasteiger partial charge in [-0.25, -0.2) is 9.78 Å². The highest BCUT2D eigenvalue weighted by Crippen LogP contribution is 2.34. The number of benzene rings is 2. The molecule has 0 spiro atoms. The predicted octanol–water partition coefficient (Wildman–Crippen LogP) is 5.67. The molecule has 1 amide bonds. The molecule has 220 valence electrons. The van der Waals surface area contributed by atoms with Gasteiger partial charge in [0.05, 0.1) is 44.3 Å². The SMILES string of the molecule is COC(=O)c1c(NC(=O)C2CCOC2)c2cc(NCc3ccc(OC)c(C)c3C)cnc2n1CCCc1ccccc1. The molecule has 2 aromatic carbocycles. The Morgan fingerprint density at radius 3 is 2.62 bits per heavy atom. The number of carbonyl (C=O) groups excluding carboxylic acids is 2. The van der Waals surface area contributed by atoms with Crippen molar-refractivity contribution in [2.24, 2.45) is 5.92 Å². The van der Waals surface area contributed by atoms with E-state index in [0.29, 0.717) is 55.1 Å². The van der Waals surface area contributed by atoms with E-state index in [0.717, 1.165) is 41.0 Å². The fourth-order valence-corrected chi connectivity index (χ4v) is 5.49. The van der Waals surface area contributed by atoms with Gasteiger partial charge in [-0.1, -0.05) is 36.4 Å². The van der Waals surface area contributed by atoms with Crippen LogP contribution in [0, 0.1) is 19.8 Å². The van der Waals surface area contributed by atoms with Crippen molar-refractivity contribution in [1.29, 1.82) is 0 Å². The van der Waals surface area contributed by atoms with Crippen LogP contribution in [0.5, 0.6) is 5.75 Å². The summed E-state index contributed by atoms with van der Waals surface area (Å²) in [5.41, 5.74) is 6.70. The maximum Gasteiger partial charge on any atom is 0.356 e. The molecule has 2 aromatic heterocycles. The number of aryl methyl sites for hydroxylation is 2. The first-order chi connectivity index (χ1) is 20.4. The molecule has 1 aliphatic rings. The maximum atomic E-state index is 13.2. The summed E-state index contributed by atoms with van der Waals surface area (Å²) in [5.74, 6) is -0.118. The Hall–Kier alpha value is -4.37. The molecule has 42 heavy (non-hydrogen) atoms. The van der Waals surface area contributed by atoms with Crippen LogP contribution in [0.15, 0.2) is 54.7 Å². The first kappa shape index (κ1) is 29.1. The van der Waals surface area contributed by atoms with Crippen molar-refractivity contribution in [2.45, 2.75) is 46.2 Å². The quantitative estimate of drug-likeness (QED) is 0.224. The van der Waals surface area contributed by atoms with Gasteiger partial charge < -0.3 is 29.4 Å². The number of esters is 1. The van der Waals surface area contributed by atoms with E-state index >= 15 is 0 Å². The molecule has 0 saturated carbocycles. The van der Waals surface area contributed by atoms with Crippen LogP contribution in [0.3, 0.4) is 0 Å². The topological polar surface area (TPSA) is 104 Å². The van der Waals surface area contributed by atoms with Crippen LogP contribution in [0.25, 0.3) is 11.0 Å². The number of methoxy groups -OCH3 is 2.